The molecule has 4 N–H and O–H groups in total. The zero-order valence-corrected chi connectivity index (χ0v) is 10.3. The predicted molar refractivity (Wildman–Crippen MR) is 63.2 cm³/mol. The first kappa shape index (κ1) is 13.8. The maximum atomic E-state index is 10.9. The molecule has 0 heterocycles. The summed E-state index contributed by atoms with van der Waals surface area (Å²) in [5.74, 6) is -0.498. The van der Waals surface area contributed by atoms with Crippen molar-refractivity contribution < 1.29 is 17.8 Å². The summed E-state index contributed by atoms with van der Waals surface area (Å²) in [5, 5.41) is 2.50. The highest BCUT2D eigenvalue weighted by Gasteiger charge is 2.13. The molecule has 94 valence electrons. The lowest BCUT2D eigenvalue weighted by molar-refractivity contribution is -0.118. The number of nitrogen functional groups attached to an aromatic ring is 1. The average Bonchev–Trinajstić information content (AvgIpc) is 2.24. The van der Waals surface area contributed by atoms with Gasteiger partial charge in [-0.2, -0.15) is 8.42 Å². The van der Waals surface area contributed by atoms with Gasteiger partial charge in [0.15, 0.2) is 0 Å². The number of amides is 1. The molecule has 1 amide bonds. The molecular formula is C9H11ClN2O4S. The van der Waals surface area contributed by atoms with Crippen molar-refractivity contribution in [3.8, 4) is 0 Å². The van der Waals surface area contributed by atoms with Crippen LogP contribution in [0.4, 0.5) is 5.69 Å². The Labute approximate surface area is 104 Å². The van der Waals surface area contributed by atoms with E-state index in [-0.39, 0.29) is 28.9 Å². The molecule has 17 heavy (non-hydrogen) atoms. The lowest BCUT2D eigenvalue weighted by atomic mass is 10.2. The fourth-order valence-electron chi connectivity index (χ4n) is 1.19. The predicted octanol–water partition coefficient (Wildman–Crippen LogP) is 0.371. The van der Waals surface area contributed by atoms with Crippen molar-refractivity contribution in [2.75, 3.05) is 11.6 Å². The van der Waals surface area contributed by atoms with Gasteiger partial charge < -0.3 is 11.1 Å². The van der Waals surface area contributed by atoms with Crippen molar-refractivity contribution in [1.29, 1.82) is 0 Å². The molecule has 1 rings (SSSR count). The van der Waals surface area contributed by atoms with E-state index in [1.165, 1.54) is 18.2 Å². The number of anilines is 1. The highest BCUT2D eigenvalue weighted by atomic mass is 35.5. The minimum atomic E-state index is -4.32. The lowest BCUT2D eigenvalue weighted by Crippen LogP contribution is -2.23. The number of alkyl halides is 1. The summed E-state index contributed by atoms with van der Waals surface area (Å²) in [7, 11) is -4.32. The fourth-order valence-corrected chi connectivity index (χ4v) is 1.88. The molecule has 1 aromatic rings. The number of hydrogen-bond acceptors (Lipinski definition) is 4. The molecule has 0 spiro atoms. The van der Waals surface area contributed by atoms with E-state index in [1.54, 1.807) is 0 Å². The van der Waals surface area contributed by atoms with Crippen LogP contribution in [-0.4, -0.2) is 24.8 Å². The van der Waals surface area contributed by atoms with E-state index < -0.39 is 10.1 Å². The third-order valence-corrected chi connectivity index (χ3v) is 3.13. The molecule has 0 bridgehead atoms. The molecule has 0 atom stereocenters. The standard InChI is InChI=1S/C9H11ClN2O4S/c10-4-9(13)12-5-6-1-2-8(7(11)3-6)17(14,15)16/h1-3H,4-5,11H2,(H,12,13)(H,14,15,16). The van der Waals surface area contributed by atoms with Gasteiger partial charge in [0.25, 0.3) is 10.1 Å². The van der Waals surface area contributed by atoms with Crippen LogP contribution in [0.1, 0.15) is 5.56 Å². The van der Waals surface area contributed by atoms with E-state index in [4.69, 9.17) is 21.9 Å². The number of nitrogens with one attached hydrogen (secondary N) is 1. The van der Waals surface area contributed by atoms with Gasteiger partial charge in [-0.3, -0.25) is 9.35 Å². The van der Waals surface area contributed by atoms with E-state index in [1.807, 2.05) is 0 Å². The number of benzene rings is 1. The van der Waals surface area contributed by atoms with Crippen molar-refractivity contribution in [2.24, 2.45) is 0 Å². The minimum Gasteiger partial charge on any atom is -0.398 e. The Kier molecular flexibility index (Phi) is 4.33. The maximum Gasteiger partial charge on any atom is 0.296 e. The largest absolute Gasteiger partial charge is 0.398 e. The smallest absolute Gasteiger partial charge is 0.296 e. The van der Waals surface area contributed by atoms with Crippen LogP contribution < -0.4 is 11.1 Å². The first-order valence-electron chi connectivity index (χ1n) is 4.53. The van der Waals surface area contributed by atoms with Crippen LogP contribution in [0.15, 0.2) is 23.1 Å². The van der Waals surface area contributed by atoms with Gasteiger partial charge in [0.05, 0.1) is 5.69 Å². The SMILES string of the molecule is Nc1cc(CNC(=O)CCl)ccc1S(=O)(=O)O. The second-order valence-electron chi connectivity index (χ2n) is 3.26. The van der Waals surface area contributed by atoms with E-state index in [2.05, 4.69) is 5.32 Å². The fraction of sp³-hybridized carbons (Fsp3) is 0.222. The van der Waals surface area contributed by atoms with Gasteiger partial charge in [0.1, 0.15) is 10.8 Å². The van der Waals surface area contributed by atoms with Gasteiger partial charge >= 0.3 is 0 Å². The Bertz CT molecular complexity index is 530. The quantitative estimate of drug-likeness (QED) is 0.419. The molecule has 0 fully saturated rings. The van der Waals surface area contributed by atoms with Crippen LogP contribution in [0.3, 0.4) is 0 Å². The molecule has 0 aliphatic heterocycles. The molecule has 8 heteroatoms. The van der Waals surface area contributed by atoms with Crippen LogP contribution in [0.25, 0.3) is 0 Å². The summed E-state index contributed by atoms with van der Waals surface area (Å²) in [6.07, 6.45) is 0. The molecule has 0 saturated heterocycles. The van der Waals surface area contributed by atoms with Crippen molar-refractivity contribution >= 4 is 33.3 Å². The van der Waals surface area contributed by atoms with Crippen LogP contribution in [0, 0.1) is 0 Å². The van der Waals surface area contributed by atoms with Gasteiger partial charge in [0, 0.05) is 6.54 Å². The second kappa shape index (κ2) is 5.35. The van der Waals surface area contributed by atoms with Crippen LogP contribution in [0.5, 0.6) is 0 Å². The normalized spacial score (nSPS) is 11.2. The Morgan fingerprint density at radius 3 is 2.59 bits per heavy atom. The molecule has 0 unspecified atom stereocenters. The summed E-state index contributed by atoms with van der Waals surface area (Å²) < 4.78 is 30.6. The van der Waals surface area contributed by atoms with Gasteiger partial charge in [0.2, 0.25) is 5.91 Å². The number of carbonyl (C=O) groups is 1. The van der Waals surface area contributed by atoms with Gasteiger partial charge in [-0.05, 0) is 17.7 Å². The molecule has 0 aliphatic carbocycles. The topological polar surface area (TPSA) is 109 Å². The van der Waals surface area contributed by atoms with Gasteiger partial charge in [-0.25, -0.2) is 0 Å². The van der Waals surface area contributed by atoms with E-state index >= 15 is 0 Å². The van der Waals surface area contributed by atoms with Gasteiger partial charge in [-0.1, -0.05) is 6.07 Å². The highest BCUT2D eigenvalue weighted by Crippen LogP contribution is 2.19. The highest BCUT2D eigenvalue weighted by molar-refractivity contribution is 7.86. The van der Waals surface area contributed by atoms with Gasteiger partial charge in [-0.15, -0.1) is 11.6 Å². The number of halogens is 1. The Morgan fingerprint density at radius 1 is 1.47 bits per heavy atom. The summed E-state index contributed by atoms with van der Waals surface area (Å²) >= 11 is 5.29. The van der Waals surface area contributed by atoms with Crippen LogP contribution >= 0.6 is 11.6 Å². The lowest BCUT2D eigenvalue weighted by Gasteiger charge is -2.07. The molecule has 0 aliphatic rings. The van der Waals surface area contributed by atoms with Crippen molar-refractivity contribution in [2.45, 2.75) is 11.4 Å². The molecule has 0 saturated carbocycles. The number of nitrogens with two attached hydrogens (primary N) is 1. The van der Waals surface area contributed by atoms with Crippen molar-refractivity contribution in [1.82, 2.24) is 5.32 Å². The van der Waals surface area contributed by atoms with Crippen molar-refractivity contribution in [3.63, 3.8) is 0 Å². The number of rotatable bonds is 4. The van der Waals surface area contributed by atoms with E-state index in [0.717, 1.165) is 0 Å². The summed E-state index contributed by atoms with van der Waals surface area (Å²) in [6, 6.07) is 3.97. The molecule has 1 aromatic carbocycles. The average molecular weight is 279 g/mol. The summed E-state index contributed by atoms with van der Waals surface area (Å²) in [5.41, 5.74) is 5.99. The number of carbonyl (C=O) groups excluding carboxylic acids is 1. The monoisotopic (exact) mass is 278 g/mol. The van der Waals surface area contributed by atoms with E-state index in [0.29, 0.717) is 5.56 Å². The molecular weight excluding hydrogens is 268 g/mol. The molecule has 6 nitrogen and oxygen atoms in total. The third kappa shape index (κ3) is 3.88. The minimum absolute atomic E-state index is 0.0786. The van der Waals surface area contributed by atoms with Crippen molar-refractivity contribution in [3.05, 3.63) is 23.8 Å². The molecule has 0 radical (unpaired) electrons. The first-order valence-corrected chi connectivity index (χ1v) is 6.50. The zero-order valence-electron chi connectivity index (χ0n) is 8.68. The summed E-state index contributed by atoms with van der Waals surface area (Å²) in [4.78, 5) is 10.5. The van der Waals surface area contributed by atoms with Crippen LogP contribution in [-0.2, 0) is 21.5 Å². The third-order valence-electron chi connectivity index (χ3n) is 1.96. The Hall–Kier alpha value is -1.31. The second-order valence-corrected chi connectivity index (χ2v) is 4.91. The van der Waals surface area contributed by atoms with Crippen LogP contribution in [0.2, 0.25) is 0 Å². The van der Waals surface area contributed by atoms with E-state index in [9.17, 15) is 13.2 Å². The molecule has 0 aromatic heterocycles. The summed E-state index contributed by atoms with van der Waals surface area (Å²) in [6.45, 7) is 0.182. The maximum absolute atomic E-state index is 10.9. The zero-order chi connectivity index (χ0) is 13.1. The Morgan fingerprint density at radius 2 is 2.12 bits per heavy atom. The number of hydrogen-bond donors (Lipinski definition) is 3. The first-order chi connectivity index (χ1) is 7.84. The Balaban J connectivity index is 2.87.